The fourth-order valence-electron chi connectivity index (χ4n) is 2.17. The summed E-state index contributed by atoms with van der Waals surface area (Å²) in [5.41, 5.74) is 0.443. The maximum absolute atomic E-state index is 12.2. The third kappa shape index (κ3) is 4.53. The molecular formula is C15H20N2O3S. The van der Waals surface area contributed by atoms with E-state index in [-0.39, 0.29) is 16.8 Å². The third-order valence-electron chi connectivity index (χ3n) is 3.75. The van der Waals surface area contributed by atoms with Crippen molar-refractivity contribution in [3.05, 3.63) is 29.8 Å². The molecule has 1 aliphatic rings. The Hall–Kier alpha value is -1.42. The van der Waals surface area contributed by atoms with E-state index in [1.165, 1.54) is 24.3 Å². The van der Waals surface area contributed by atoms with Crippen molar-refractivity contribution in [2.45, 2.75) is 23.8 Å². The van der Waals surface area contributed by atoms with E-state index >= 15 is 0 Å². The number of hydrogen-bond acceptors (Lipinski definition) is 5. The number of nitriles is 1. The lowest BCUT2D eigenvalue weighted by Crippen LogP contribution is -2.33. The van der Waals surface area contributed by atoms with Crippen molar-refractivity contribution in [1.29, 1.82) is 5.26 Å². The fraction of sp³-hybridized carbons (Fsp3) is 0.533. The minimum Gasteiger partial charge on any atom is -0.392 e. The van der Waals surface area contributed by atoms with Gasteiger partial charge in [0.1, 0.15) is 0 Å². The Kier molecular flexibility index (Phi) is 4.99. The van der Waals surface area contributed by atoms with Gasteiger partial charge in [-0.1, -0.05) is 0 Å². The molecule has 0 amide bonds. The van der Waals surface area contributed by atoms with Crippen LogP contribution in [-0.2, 0) is 9.84 Å². The van der Waals surface area contributed by atoms with Crippen LogP contribution in [0.2, 0.25) is 0 Å². The van der Waals surface area contributed by atoms with Crippen molar-refractivity contribution in [3.8, 4) is 6.07 Å². The monoisotopic (exact) mass is 308 g/mol. The molecule has 1 aliphatic carbocycles. The smallest absolute Gasteiger partial charge is 0.179 e. The highest BCUT2D eigenvalue weighted by Crippen LogP contribution is 2.32. The predicted molar refractivity (Wildman–Crippen MR) is 79.4 cm³/mol. The molecule has 0 saturated heterocycles. The van der Waals surface area contributed by atoms with Gasteiger partial charge < -0.3 is 10.0 Å². The van der Waals surface area contributed by atoms with Crippen molar-refractivity contribution in [2.75, 3.05) is 25.9 Å². The number of likely N-dealkylation sites (N-methyl/N-ethyl adjacent to an activating group) is 1. The van der Waals surface area contributed by atoms with Crippen LogP contribution < -0.4 is 0 Å². The Balaban J connectivity index is 1.89. The molecule has 0 aromatic heterocycles. The zero-order chi connectivity index (χ0) is 15.5. The van der Waals surface area contributed by atoms with Crippen molar-refractivity contribution in [1.82, 2.24) is 4.90 Å². The van der Waals surface area contributed by atoms with Crippen LogP contribution in [0.15, 0.2) is 29.2 Å². The van der Waals surface area contributed by atoms with Gasteiger partial charge in [0.05, 0.1) is 28.4 Å². The first-order valence-corrected chi connectivity index (χ1v) is 8.67. The average molecular weight is 308 g/mol. The van der Waals surface area contributed by atoms with Crippen molar-refractivity contribution in [2.24, 2.45) is 5.92 Å². The summed E-state index contributed by atoms with van der Waals surface area (Å²) < 4.78 is 24.4. The summed E-state index contributed by atoms with van der Waals surface area (Å²) in [7, 11) is -1.53. The van der Waals surface area contributed by atoms with Gasteiger partial charge in [0, 0.05) is 13.1 Å². The van der Waals surface area contributed by atoms with Gasteiger partial charge in [0.2, 0.25) is 0 Å². The molecule has 0 bridgehead atoms. The van der Waals surface area contributed by atoms with Gasteiger partial charge in [-0.2, -0.15) is 5.26 Å². The number of hydrogen-bond donors (Lipinski definition) is 1. The second kappa shape index (κ2) is 6.56. The molecule has 5 nitrogen and oxygen atoms in total. The highest BCUT2D eigenvalue weighted by atomic mass is 32.2. The summed E-state index contributed by atoms with van der Waals surface area (Å²) in [5.74, 6) is 0.398. The molecule has 21 heavy (non-hydrogen) atoms. The maximum atomic E-state index is 12.2. The zero-order valence-corrected chi connectivity index (χ0v) is 12.9. The van der Waals surface area contributed by atoms with Gasteiger partial charge >= 0.3 is 0 Å². The Bertz CT molecular complexity index is 615. The van der Waals surface area contributed by atoms with Crippen molar-refractivity contribution >= 4 is 9.84 Å². The highest BCUT2D eigenvalue weighted by Gasteiger charge is 2.30. The SMILES string of the molecule is CN(CCS(=O)(=O)c1ccc(C#N)cc1)CC(O)C1CC1. The molecule has 6 heteroatoms. The molecule has 1 N–H and O–H groups in total. The number of sulfone groups is 1. The Morgan fingerprint density at radius 1 is 1.38 bits per heavy atom. The Morgan fingerprint density at radius 2 is 2.00 bits per heavy atom. The highest BCUT2D eigenvalue weighted by molar-refractivity contribution is 7.91. The van der Waals surface area contributed by atoms with Gasteiger partial charge in [-0.15, -0.1) is 0 Å². The number of aliphatic hydroxyl groups is 1. The predicted octanol–water partition coefficient (Wildman–Crippen LogP) is 1.03. The topological polar surface area (TPSA) is 81.4 Å². The van der Waals surface area contributed by atoms with Crippen LogP contribution in [-0.4, -0.2) is 50.4 Å². The lowest BCUT2D eigenvalue weighted by atomic mass is 10.2. The standard InChI is InChI=1S/C15H20N2O3S/c1-17(11-15(18)13-4-5-13)8-9-21(19,20)14-6-2-12(10-16)3-7-14/h2-3,6-7,13,15,18H,4-5,8-9,11H2,1H3. The molecule has 2 rings (SSSR count). The van der Waals surface area contributed by atoms with Gasteiger partial charge in [-0.05, 0) is 50.1 Å². The molecule has 1 fully saturated rings. The lowest BCUT2D eigenvalue weighted by Gasteiger charge is -2.20. The molecule has 1 atom stereocenters. The summed E-state index contributed by atoms with van der Waals surface area (Å²) in [4.78, 5) is 2.09. The van der Waals surface area contributed by atoms with Crippen LogP contribution in [0.3, 0.4) is 0 Å². The van der Waals surface area contributed by atoms with E-state index in [1.54, 1.807) is 0 Å². The fourth-order valence-corrected chi connectivity index (χ4v) is 3.51. The Morgan fingerprint density at radius 3 is 2.52 bits per heavy atom. The van der Waals surface area contributed by atoms with Crippen LogP contribution in [0.4, 0.5) is 0 Å². The lowest BCUT2D eigenvalue weighted by molar-refractivity contribution is 0.109. The molecule has 1 saturated carbocycles. The first kappa shape index (κ1) is 16.0. The van der Waals surface area contributed by atoms with Gasteiger partial charge in [-0.25, -0.2) is 8.42 Å². The van der Waals surface area contributed by atoms with Crippen LogP contribution >= 0.6 is 0 Å². The molecule has 0 heterocycles. The third-order valence-corrected chi connectivity index (χ3v) is 5.46. The van der Waals surface area contributed by atoms with E-state index in [4.69, 9.17) is 5.26 Å². The van der Waals surface area contributed by atoms with Crippen LogP contribution in [0.5, 0.6) is 0 Å². The summed E-state index contributed by atoms with van der Waals surface area (Å²) in [6.45, 7) is 0.889. The van der Waals surface area contributed by atoms with E-state index < -0.39 is 9.84 Å². The summed E-state index contributed by atoms with van der Waals surface area (Å²) in [6, 6.07) is 7.91. The van der Waals surface area contributed by atoms with Crippen molar-refractivity contribution in [3.63, 3.8) is 0 Å². The van der Waals surface area contributed by atoms with Gasteiger partial charge in [0.25, 0.3) is 0 Å². The zero-order valence-electron chi connectivity index (χ0n) is 12.1. The van der Waals surface area contributed by atoms with Gasteiger partial charge in [0.15, 0.2) is 9.84 Å². The number of rotatable bonds is 7. The minimum absolute atomic E-state index is 0.00673. The van der Waals surface area contributed by atoms with E-state index in [2.05, 4.69) is 0 Å². The summed E-state index contributed by atoms with van der Waals surface area (Å²) in [6.07, 6.45) is 1.78. The summed E-state index contributed by atoms with van der Waals surface area (Å²) >= 11 is 0. The number of benzene rings is 1. The van der Waals surface area contributed by atoms with Crippen molar-refractivity contribution < 1.29 is 13.5 Å². The minimum atomic E-state index is -3.35. The molecule has 0 spiro atoms. The van der Waals surface area contributed by atoms with Crippen LogP contribution in [0.1, 0.15) is 18.4 Å². The molecule has 0 aliphatic heterocycles. The molecule has 1 aromatic rings. The average Bonchev–Trinajstić information content (AvgIpc) is 3.30. The van der Waals surface area contributed by atoms with E-state index in [0.29, 0.717) is 24.6 Å². The second-order valence-electron chi connectivity index (χ2n) is 5.62. The first-order valence-electron chi connectivity index (χ1n) is 7.02. The van der Waals surface area contributed by atoms with E-state index in [1.807, 2.05) is 18.0 Å². The summed E-state index contributed by atoms with van der Waals surface area (Å²) in [5, 5.41) is 18.6. The largest absolute Gasteiger partial charge is 0.392 e. The molecular weight excluding hydrogens is 288 g/mol. The molecule has 1 unspecified atom stereocenters. The molecule has 0 radical (unpaired) electrons. The first-order chi connectivity index (χ1) is 9.92. The number of aliphatic hydroxyl groups excluding tert-OH is 1. The van der Waals surface area contributed by atoms with Crippen LogP contribution in [0, 0.1) is 17.2 Å². The van der Waals surface area contributed by atoms with E-state index in [9.17, 15) is 13.5 Å². The van der Waals surface area contributed by atoms with Crippen LogP contribution in [0.25, 0.3) is 0 Å². The quantitative estimate of drug-likeness (QED) is 0.814. The normalized spacial score (nSPS) is 16.7. The molecule has 1 aromatic carbocycles. The maximum Gasteiger partial charge on any atom is 0.179 e. The molecule has 114 valence electrons. The van der Waals surface area contributed by atoms with Gasteiger partial charge in [-0.3, -0.25) is 0 Å². The number of nitrogens with zero attached hydrogens (tertiary/aromatic N) is 2. The Labute approximate surface area is 125 Å². The van der Waals surface area contributed by atoms with E-state index in [0.717, 1.165) is 12.8 Å². The second-order valence-corrected chi connectivity index (χ2v) is 7.73.